The van der Waals surface area contributed by atoms with E-state index < -0.39 is 20.7 Å². The molecule has 0 aliphatic rings. The van der Waals surface area contributed by atoms with Gasteiger partial charge in [0.05, 0.1) is 14.2 Å². The van der Waals surface area contributed by atoms with Gasteiger partial charge in [0.25, 0.3) is 0 Å². The van der Waals surface area contributed by atoms with Gasteiger partial charge < -0.3 is 9.47 Å². The third-order valence-corrected chi connectivity index (χ3v) is 7.47. The molecule has 162 valence electrons. The number of hydrogen-bond donors (Lipinski definition) is 0. The van der Waals surface area contributed by atoms with Crippen molar-refractivity contribution < 1.29 is 22.7 Å². The molecular formula is C23H29NO5S. The van der Waals surface area contributed by atoms with Crippen LogP contribution in [0, 0.1) is 6.92 Å². The molecule has 7 heteroatoms. The van der Waals surface area contributed by atoms with Crippen LogP contribution in [0.4, 0.5) is 0 Å². The molecule has 2 aromatic carbocycles. The van der Waals surface area contributed by atoms with Crippen LogP contribution in [-0.2, 0) is 32.6 Å². The van der Waals surface area contributed by atoms with E-state index in [1.54, 1.807) is 31.4 Å². The number of carbonyl (C=O) groups is 1. The first-order valence-electron chi connectivity index (χ1n) is 9.55. The molecule has 30 heavy (non-hydrogen) atoms. The van der Waals surface area contributed by atoms with Crippen molar-refractivity contribution in [1.82, 2.24) is 4.31 Å². The number of sulfonamides is 1. The molecule has 0 radical (unpaired) electrons. The molecule has 2 aromatic rings. The molecular weight excluding hydrogens is 402 g/mol. The molecule has 0 bridgehead atoms. The Morgan fingerprint density at radius 3 is 1.97 bits per heavy atom. The number of methoxy groups -OCH3 is 2. The number of carbonyl (C=O) groups excluding carboxylic acids is 1. The van der Waals surface area contributed by atoms with E-state index in [0.29, 0.717) is 5.75 Å². The zero-order valence-corrected chi connectivity index (χ0v) is 18.7. The van der Waals surface area contributed by atoms with Gasteiger partial charge in [-0.05, 0) is 43.5 Å². The first kappa shape index (κ1) is 23.6. The van der Waals surface area contributed by atoms with E-state index in [1.807, 2.05) is 31.2 Å². The van der Waals surface area contributed by atoms with Crippen molar-refractivity contribution >= 4 is 16.0 Å². The fraction of sp³-hybridized carbons (Fsp3) is 0.348. The minimum absolute atomic E-state index is 0.0605. The molecule has 0 heterocycles. The van der Waals surface area contributed by atoms with Gasteiger partial charge in [0, 0.05) is 13.1 Å². The minimum Gasteiger partial charge on any atom is -0.497 e. The fourth-order valence-corrected chi connectivity index (χ4v) is 4.96. The Balaban J connectivity index is 2.49. The third kappa shape index (κ3) is 5.09. The lowest BCUT2D eigenvalue weighted by atomic mass is 10.1. The molecule has 6 nitrogen and oxygen atoms in total. The lowest BCUT2D eigenvalue weighted by Gasteiger charge is -2.32. The summed E-state index contributed by atoms with van der Waals surface area (Å²) in [6.45, 7) is 7.20. The number of esters is 1. The summed E-state index contributed by atoms with van der Waals surface area (Å²) in [4.78, 5) is 12.5. The molecule has 0 unspecified atom stereocenters. The van der Waals surface area contributed by atoms with Crippen molar-refractivity contribution in [3.05, 3.63) is 77.9 Å². The highest BCUT2D eigenvalue weighted by atomic mass is 32.2. The molecule has 0 N–H and O–H groups in total. The van der Waals surface area contributed by atoms with Crippen LogP contribution in [0.1, 0.15) is 30.0 Å². The highest BCUT2D eigenvalue weighted by Crippen LogP contribution is 2.30. The van der Waals surface area contributed by atoms with Gasteiger partial charge in [-0.15, -0.1) is 6.58 Å². The predicted molar refractivity (Wildman–Crippen MR) is 118 cm³/mol. The standard InChI is InChI=1S/C23H29NO5S/c1-6-15-23(3,22(25)29-5)30(26,27)24(16-19-9-7-18(2)8-10-19)17-20-11-13-21(28-4)14-12-20/h6-14H,1,15-17H2,2-5H3/t23-/m0/s1. The number of hydrogen-bond acceptors (Lipinski definition) is 5. The molecule has 0 saturated heterocycles. The Kier molecular flexibility index (Phi) is 7.81. The number of allylic oxidation sites excluding steroid dienone is 1. The average Bonchev–Trinajstić information content (AvgIpc) is 2.74. The van der Waals surface area contributed by atoms with Gasteiger partial charge in [-0.25, -0.2) is 8.42 Å². The maximum Gasteiger partial charge on any atom is 0.328 e. The van der Waals surface area contributed by atoms with Crippen LogP contribution in [-0.4, -0.2) is 37.7 Å². The van der Waals surface area contributed by atoms with Crippen LogP contribution in [0.2, 0.25) is 0 Å². The molecule has 2 rings (SSSR count). The SMILES string of the molecule is C=CC[C@@](C)(C(=O)OC)S(=O)(=O)N(Cc1ccc(C)cc1)Cc1ccc(OC)cc1. The second-order valence-electron chi connectivity index (χ2n) is 7.32. The van der Waals surface area contributed by atoms with Gasteiger partial charge in [-0.2, -0.15) is 4.31 Å². The molecule has 1 atom stereocenters. The molecule has 0 fully saturated rings. The van der Waals surface area contributed by atoms with E-state index in [4.69, 9.17) is 9.47 Å². The Bertz CT molecular complexity index is 968. The number of benzene rings is 2. The van der Waals surface area contributed by atoms with Crippen LogP contribution < -0.4 is 4.74 Å². The van der Waals surface area contributed by atoms with Gasteiger partial charge in [-0.3, -0.25) is 4.79 Å². The van der Waals surface area contributed by atoms with Crippen LogP contribution in [0.25, 0.3) is 0 Å². The van der Waals surface area contributed by atoms with E-state index >= 15 is 0 Å². The highest BCUT2D eigenvalue weighted by Gasteiger charge is 2.49. The smallest absolute Gasteiger partial charge is 0.328 e. The summed E-state index contributed by atoms with van der Waals surface area (Å²) in [5, 5.41) is 0. The summed E-state index contributed by atoms with van der Waals surface area (Å²) < 4.78 is 36.9. The lowest BCUT2D eigenvalue weighted by molar-refractivity contribution is -0.143. The van der Waals surface area contributed by atoms with E-state index in [-0.39, 0.29) is 19.5 Å². The van der Waals surface area contributed by atoms with E-state index in [0.717, 1.165) is 16.7 Å². The maximum absolute atomic E-state index is 13.7. The van der Waals surface area contributed by atoms with Gasteiger partial charge in [0.2, 0.25) is 10.0 Å². The first-order valence-corrected chi connectivity index (χ1v) is 11.0. The number of ether oxygens (including phenoxy) is 2. The maximum atomic E-state index is 13.7. The summed E-state index contributed by atoms with van der Waals surface area (Å²) in [5.74, 6) is -0.135. The zero-order chi connectivity index (χ0) is 22.4. The molecule has 0 aromatic heterocycles. The second kappa shape index (κ2) is 9.91. The molecule has 0 spiro atoms. The normalized spacial score (nSPS) is 13.5. The Morgan fingerprint density at radius 1 is 1.03 bits per heavy atom. The van der Waals surface area contributed by atoms with E-state index in [9.17, 15) is 13.2 Å². The van der Waals surface area contributed by atoms with Crippen LogP contribution >= 0.6 is 0 Å². The number of aryl methyl sites for hydroxylation is 1. The van der Waals surface area contributed by atoms with Crippen molar-refractivity contribution in [3.63, 3.8) is 0 Å². The number of nitrogens with zero attached hydrogens (tertiary/aromatic N) is 1. The number of rotatable bonds is 10. The van der Waals surface area contributed by atoms with Crippen molar-refractivity contribution in [2.24, 2.45) is 0 Å². The van der Waals surface area contributed by atoms with Gasteiger partial charge in [-0.1, -0.05) is 48.0 Å². The Morgan fingerprint density at radius 2 is 1.53 bits per heavy atom. The quantitative estimate of drug-likeness (QED) is 0.422. The monoisotopic (exact) mass is 431 g/mol. The van der Waals surface area contributed by atoms with Gasteiger partial charge >= 0.3 is 5.97 Å². The first-order chi connectivity index (χ1) is 14.2. The van der Waals surface area contributed by atoms with Crippen molar-refractivity contribution in [1.29, 1.82) is 0 Å². The third-order valence-electron chi connectivity index (χ3n) is 5.06. The van der Waals surface area contributed by atoms with Gasteiger partial charge in [0.15, 0.2) is 4.75 Å². The lowest BCUT2D eigenvalue weighted by Crippen LogP contribution is -2.51. The summed E-state index contributed by atoms with van der Waals surface area (Å²) in [6.07, 6.45) is 1.36. The topological polar surface area (TPSA) is 72.9 Å². The van der Waals surface area contributed by atoms with E-state index in [2.05, 4.69) is 6.58 Å². The largest absolute Gasteiger partial charge is 0.497 e. The van der Waals surface area contributed by atoms with E-state index in [1.165, 1.54) is 24.4 Å². The van der Waals surface area contributed by atoms with Crippen molar-refractivity contribution in [2.45, 2.75) is 38.1 Å². The van der Waals surface area contributed by atoms with Crippen LogP contribution in [0.5, 0.6) is 5.75 Å². The van der Waals surface area contributed by atoms with Crippen molar-refractivity contribution in [2.75, 3.05) is 14.2 Å². The van der Waals surface area contributed by atoms with Gasteiger partial charge in [0.1, 0.15) is 5.75 Å². The molecule has 0 amide bonds. The second-order valence-corrected chi connectivity index (χ2v) is 9.69. The summed E-state index contributed by atoms with van der Waals surface area (Å²) in [6, 6.07) is 14.8. The zero-order valence-electron chi connectivity index (χ0n) is 17.9. The summed E-state index contributed by atoms with van der Waals surface area (Å²) >= 11 is 0. The van der Waals surface area contributed by atoms with Crippen LogP contribution in [0.3, 0.4) is 0 Å². The van der Waals surface area contributed by atoms with Crippen LogP contribution in [0.15, 0.2) is 61.2 Å². The molecule has 0 aliphatic carbocycles. The summed E-state index contributed by atoms with van der Waals surface area (Å²) in [7, 11) is -1.34. The predicted octanol–water partition coefficient (Wildman–Crippen LogP) is 3.84. The molecule has 0 saturated carbocycles. The minimum atomic E-state index is -4.10. The Labute approximate surface area is 179 Å². The van der Waals surface area contributed by atoms with Crippen molar-refractivity contribution in [3.8, 4) is 5.75 Å². The Hall–Kier alpha value is -2.64. The fourth-order valence-electron chi connectivity index (χ4n) is 3.13. The molecule has 0 aliphatic heterocycles. The summed E-state index contributed by atoms with van der Waals surface area (Å²) in [5.41, 5.74) is 2.68. The highest BCUT2D eigenvalue weighted by molar-refractivity contribution is 7.91. The average molecular weight is 432 g/mol.